The van der Waals surface area contributed by atoms with Crippen LogP contribution in [0.4, 0.5) is 0 Å². The van der Waals surface area contributed by atoms with E-state index in [-0.39, 0.29) is 18.6 Å². The summed E-state index contributed by atoms with van der Waals surface area (Å²) in [6, 6.07) is 12.3. The second-order valence-electron chi connectivity index (χ2n) is 4.36. The molecule has 104 valence electrons. The number of amides is 1. The molecule has 0 aliphatic carbocycles. The fourth-order valence-corrected chi connectivity index (χ4v) is 1.54. The zero-order valence-electron chi connectivity index (χ0n) is 11.1. The zero-order chi connectivity index (χ0) is 14.4. The van der Waals surface area contributed by atoms with Gasteiger partial charge in [0.05, 0.1) is 12.2 Å². The average Bonchev–Trinajstić information content (AvgIpc) is 2.49. The van der Waals surface area contributed by atoms with Gasteiger partial charge in [-0.2, -0.15) is 0 Å². The lowest BCUT2D eigenvalue weighted by Crippen LogP contribution is -2.34. The molecule has 0 fully saturated rings. The lowest BCUT2D eigenvalue weighted by molar-refractivity contribution is 0.0922. The van der Waals surface area contributed by atoms with Crippen molar-refractivity contribution < 1.29 is 14.6 Å². The van der Waals surface area contributed by atoms with Crippen LogP contribution in [-0.2, 0) is 0 Å². The largest absolute Gasteiger partial charge is 0.439 e. The molecule has 1 amide bonds. The van der Waals surface area contributed by atoms with Gasteiger partial charge in [0.1, 0.15) is 5.75 Å². The Kier molecular flexibility index (Phi) is 4.68. The van der Waals surface area contributed by atoms with Gasteiger partial charge in [0.2, 0.25) is 5.88 Å². The third-order valence-corrected chi connectivity index (χ3v) is 2.62. The Morgan fingerprint density at radius 2 is 2.05 bits per heavy atom. The van der Waals surface area contributed by atoms with Crippen molar-refractivity contribution in [2.24, 2.45) is 0 Å². The maximum Gasteiger partial charge on any atom is 0.253 e. The molecule has 5 heteroatoms. The Balaban J connectivity index is 2.01. The van der Waals surface area contributed by atoms with Crippen molar-refractivity contribution in [2.45, 2.75) is 13.0 Å². The fraction of sp³-hybridized carbons (Fsp3) is 0.200. The van der Waals surface area contributed by atoms with Crippen molar-refractivity contribution in [2.75, 3.05) is 6.61 Å². The smallest absolute Gasteiger partial charge is 0.253 e. The number of aliphatic hydroxyl groups excluding tert-OH is 1. The van der Waals surface area contributed by atoms with E-state index in [1.807, 2.05) is 30.3 Å². The summed E-state index contributed by atoms with van der Waals surface area (Å²) in [7, 11) is 0. The van der Waals surface area contributed by atoms with Crippen LogP contribution in [0, 0.1) is 0 Å². The molecule has 0 spiro atoms. The van der Waals surface area contributed by atoms with Crippen molar-refractivity contribution in [3.63, 3.8) is 0 Å². The number of ether oxygens (including phenoxy) is 1. The summed E-state index contributed by atoms with van der Waals surface area (Å²) < 4.78 is 5.53. The standard InChI is InChI=1S/C15H16N2O3/c1-11(10-18)17-15(19)12-7-8-14(16-9-12)20-13-5-3-2-4-6-13/h2-9,11,18H,10H2,1H3,(H,17,19). The van der Waals surface area contributed by atoms with Gasteiger partial charge < -0.3 is 15.2 Å². The number of nitrogens with zero attached hydrogens (tertiary/aromatic N) is 1. The first-order valence-corrected chi connectivity index (χ1v) is 6.29. The molecule has 1 heterocycles. The van der Waals surface area contributed by atoms with Crippen LogP contribution < -0.4 is 10.1 Å². The van der Waals surface area contributed by atoms with Gasteiger partial charge in [0.15, 0.2) is 0 Å². The minimum Gasteiger partial charge on any atom is -0.439 e. The van der Waals surface area contributed by atoms with E-state index in [1.54, 1.807) is 19.1 Å². The Hall–Kier alpha value is -2.40. The average molecular weight is 272 g/mol. The number of carbonyl (C=O) groups is 1. The van der Waals surface area contributed by atoms with Crippen LogP contribution >= 0.6 is 0 Å². The highest BCUT2D eigenvalue weighted by Gasteiger charge is 2.09. The summed E-state index contributed by atoms with van der Waals surface area (Å²) in [6.07, 6.45) is 1.44. The molecule has 2 rings (SSSR count). The molecule has 2 N–H and O–H groups in total. The topological polar surface area (TPSA) is 71.5 Å². The van der Waals surface area contributed by atoms with Gasteiger partial charge in [0, 0.05) is 18.3 Å². The van der Waals surface area contributed by atoms with Crippen molar-refractivity contribution >= 4 is 5.91 Å². The van der Waals surface area contributed by atoms with E-state index < -0.39 is 0 Å². The molecule has 0 bridgehead atoms. The molecule has 0 saturated heterocycles. The van der Waals surface area contributed by atoms with Crippen molar-refractivity contribution in [3.8, 4) is 11.6 Å². The van der Waals surface area contributed by atoms with Crippen molar-refractivity contribution in [3.05, 3.63) is 54.2 Å². The monoisotopic (exact) mass is 272 g/mol. The van der Waals surface area contributed by atoms with Crippen LogP contribution in [0.15, 0.2) is 48.7 Å². The highest BCUT2D eigenvalue weighted by atomic mass is 16.5. The van der Waals surface area contributed by atoms with Crippen LogP contribution in [0.1, 0.15) is 17.3 Å². The summed E-state index contributed by atoms with van der Waals surface area (Å²) in [6.45, 7) is 1.62. The van der Waals surface area contributed by atoms with Gasteiger partial charge >= 0.3 is 0 Å². The Labute approximate surface area is 117 Å². The lowest BCUT2D eigenvalue weighted by atomic mass is 10.2. The molecule has 1 unspecified atom stereocenters. The number of benzene rings is 1. The minimum absolute atomic E-state index is 0.103. The van der Waals surface area contributed by atoms with Crippen LogP contribution in [0.2, 0.25) is 0 Å². The number of para-hydroxylation sites is 1. The third kappa shape index (κ3) is 3.80. The third-order valence-electron chi connectivity index (χ3n) is 2.62. The van der Waals surface area contributed by atoms with Crippen molar-refractivity contribution in [1.82, 2.24) is 10.3 Å². The summed E-state index contributed by atoms with van der Waals surface area (Å²) in [5.41, 5.74) is 0.422. The second kappa shape index (κ2) is 6.68. The van der Waals surface area contributed by atoms with Gasteiger partial charge in [-0.25, -0.2) is 4.98 Å². The maximum atomic E-state index is 11.8. The van der Waals surface area contributed by atoms with E-state index in [0.717, 1.165) is 0 Å². The first kappa shape index (κ1) is 14.0. The van der Waals surface area contributed by atoms with E-state index >= 15 is 0 Å². The Morgan fingerprint density at radius 1 is 1.30 bits per heavy atom. The summed E-state index contributed by atoms with van der Waals surface area (Å²) in [5.74, 6) is 0.833. The molecule has 2 aromatic rings. The molecule has 0 radical (unpaired) electrons. The normalized spacial score (nSPS) is 11.7. The van der Waals surface area contributed by atoms with Gasteiger partial charge in [-0.1, -0.05) is 18.2 Å². The maximum absolute atomic E-state index is 11.8. The number of pyridine rings is 1. The molecule has 0 aliphatic rings. The van der Waals surface area contributed by atoms with Crippen LogP contribution in [0.25, 0.3) is 0 Å². The van der Waals surface area contributed by atoms with Gasteiger partial charge in [-0.3, -0.25) is 4.79 Å². The van der Waals surface area contributed by atoms with Gasteiger partial charge in [-0.05, 0) is 25.1 Å². The predicted octanol–water partition coefficient (Wildman–Crippen LogP) is 1.98. The molecule has 1 aromatic carbocycles. The Bertz CT molecular complexity index is 555. The van der Waals surface area contributed by atoms with Crippen LogP contribution in [-0.4, -0.2) is 28.6 Å². The highest BCUT2D eigenvalue weighted by Crippen LogP contribution is 2.18. The van der Waals surface area contributed by atoms with E-state index in [0.29, 0.717) is 17.2 Å². The molecule has 0 aliphatic heterocycles. The zero-order valence-corrected chi connectivity index (χ0v) is 11.1. The SMILES string of the molecule is CC(CO)NC(=O)c1ccc(Oc2ccccc2)nc1. The number of aliphatic hydroxyl groups is 1. The summed E-state index contributed by atoms with van der Waals surface area (Å²) in [4.78, 5) is 15.9. The number of rotatable bonds is 5. The first-order chi connectivity index (χ1) is 9.69. The number of nitrogens with one attached hydrogen (secondary N) is 1. The van der Waals surface area contributed by atoms with Crippen LogP contribution in [0.5, 0.6) is 11.6 Å². The van der Waals surface area contributed by atoms with E-state index in [2.05, 4.69) is 10.3 Å². The van der Waals surface area contributed by atoms with E-state index in [9.17, 15) is 4.79 Å². The molecule has 1 aromatic heterocycles. The fourth-order valence-electron chi connectivity index (χ4n) is 1.54. The lowest BCUT2D eigenvalue weighted by Gasteiger charge is -2.10. The molecule has 5 nitrogen and oxygen atoms in total. The first-order valence-electron chi connectivity index (χ1n) is 6.29. The molecular weight excluding hydrogens is 256 g/mol. The number of carbonyl (C=O) groups excluding carboxylic acids is 1. The highest BCUT2D eigenvalue weighted by molar-refractivity contribution is 5.94. The summed E-state index contributed by atoms with van der Waals surface area (Å²) in [5, 5.41) is 11.5. The van der Waals surface area contributed by atoms with Gasteiger partial charge in [-0.15, -0.1) is 0 Å². The molecule has 1 atom stereocenters. The second-order valence-corrected chi connectivity index (χ2v) is 4.36. The molecular formula is C15H16N2O3. The number of hydrogen-bond donors (Lipinski definition) is 2. The van der Waals surface area contributed by atoms with Crippen molar-refractivity contribution in [1.29, 1.82) is 0 Å². The predicted molar refractivity (Wildman–Crippen MR) is 74.8 cm³/mol. The number of hydrogen-bond acceptors (Lipinski definition) is 4. The minimum atomic E-state index is -0.289. The Morgan fingerprint density at radius 3 is 2.65 bits per heavy atom. The van der Waals surface area contributed by atoms with Crippen LogP contribution in [0.3, 0.4) is 0 Å². The molecule has 0 saturated carbocycles. The van der Waals surface area contributed by atoms with E-state index in [4.69, 9.17) is 9.84 Å². The number of aromatic nitrogens is 1. The van der Waals surface area contributed by atoms with E-state index in [1.165, 1.54) is 6.20 Å². The van der Waals surface area contributed by atoms with Gasteiger partial charge in [0.25, 0.3) is 5.91 Å². The quantitative estimate of drug-likeness (QED) is 0.873. The molecule has 20 heavy (non-hydrogen) atoms. The summed E-state index contributed by atoms with van der Waals surface area (Å²) >= 11 is 0.